The second-order valence-corrected chi connectivity index (χ2v) is 9.40. The first kappa shape index (κ1) is 23.7. The minimum atomic E-state index is -0.598. The largest absolute Gasteiger partial charge is 0.465 e. The first-order valence-electron chi connectivity index (χ1n) is 11.2. The van der Waals surface area contributed by atoms with Crippen LogP contribution in [0, 0.1) is 0 Å². The summed E-state index contributed by atoms with van der Waals surface area (Å²) < 4.78 is 7.50. The number of para-hydroxylation sites is 1. The van der Waals surface area contributed by atoms with E-state index in [9.17, 15) is 19.2 Å². The van der Waals surface area contributed by atoms with Crippen LogP contribution in [0.3, 0.4) is 0 Å². The number of hydrogen-bond donors (Lipinski definition) is 1. The third kappa shape index (κ3) is 4.47. The molecule has 3 heterocycles. The second kappa shape index (κ2) is 9.80. The molecule has 0 unspecified atom stereocenters. The quantitative estimate of drug-likeness (QED) is 0.534. The minimum absolute atomic E-state index is 0.198. The van der Waals surface area contributed by atoms with Gasteiger partial charge in [-0.25, -0.2) is 14.6 Å². The average molecular weight is 486 g/mol. The first-order chi connectivity index (χ1) is 16.3. The van der Waals surface area contributed by atoms with Crippen LogP contribution in [-0.4, -0.2) is 46.2 Å². The van der Waals surface area contributed by atoms with Crippen molar-refractivity contribution in [3.63, 3.8) is 0 Å². The van der Waals surface area contributed by atoms with E-state index in [4.69, 9.17) is 4.74 Å². The molecule has 4 rings (SSSR count). The molecular weight excluding hydrogens is 458 g/mol. The molecular formula is C23H27N5O5S. The summed E-state index contributed by atoms with van der Waals surface area (Å²) in [5, 5.41) is 3.36. The molecule has 0 atom stereocenters. The maximum absolute atomic E-state index is 13.3. The minimum Gasteiger partial charge on any atom is -0.465 e. The molecule has 0 bridgehead atoms. The first-order valence-corrected chi connectivity index (χ1v) is 12.0. The maximum Gasteiger partial charge on any atom is 0.339 e. The number of benzene rings is 1. The van der Waals surface area contributed by atoms with Crippen molar-refractivity contribution < 1.29 is 14.3 Å². The lowest BCUT2D eigenvalue weighted by Gasteiger charge is -2.25. The van der Waals surface area contributed by atoms with E-state index in [1.54, 1.807) is 32.0 Å². The number of nitrogens with one attached hydrogen (secondary N) is 1. The predicted octanol–water partition coefficient (Wildman–Crippen LogP) is 2.62. The van der Waals surface area contributed by atoms with Gasteiger partial charge in [0.05, 0.1) is 18.4 Å². The number of methoxy groups -OCH3 is 1. The number of piperidine rings is 1. The van der Waals surface area contributed by atoms with Gasteiger partial charge in [0.25, 0.3) is 5.56 Å². The molecule has 1 aromatic carbocycles. The Kier molecular flexibility index (Phi) is 6.82. The summed E-state index contributed by atoms with van der Waals surface area (Å²) in [6.07, 6.45) is 3.24. The predicted molar refractivity (Wildman–Crippen MR) is 131 cm³/mol. The van der Waals surface area contributed by atoms with E-state index in [-0.39, 0.29) is 29.5 Å². The molecule has 1 saturated heterocycles. The molecule has 10 nitrogen and oxygen atoms in total. The lowest BCUT2D eigenvalue weighted by molar-refractivity contribution is -0.116. The fourth-order valence-corrected chi connectivity index (χ4v) is 5.13. The number of carbonyl (C=O) groups is 2. The number of rotatable bonds is 6. The molecule has 1 amide bonds. The number of thiazole rings is 1. The molecule has 0 saturated carbocycles. The Morgan fingerprint density at radius 3 is 2.53 bits per heavy atom. The van der Waals surface area contributed by atoms with Crippen LogP contribution in [0.1, 0.15) is 49.5 Å². The second-order valence-electron chi connectivity index (χ2n) is 8.42. The van der Waals surface area contributed by atoms with Crippen LogP contribution in [0.5, 0.6) is 0 Å². The number of fused-ring (bicyclic) bond motifs is 1. The third-order valence-electron chi connectivity index (χ3n) is 5.75. The molecule has 0 spiro atoms. The van der Waals surface area contributed by atoms with Crippen molar-refractivity contribution in [1.82, 2.24) is 14.1 Å². The standard InChI is InChI=1S/C23H27N5O5S/c1-14(2)28-20(30)18-19(25-22(34-18)26-11-7-4-8-12-26)27(23(28)32)13-17(29)24-16-10-6-5-9-15(16)21(31)33-3/h5-6,9-10,14H,4,7-8,11-13H2,1-3H3,(H,24,29). The van der Waals surface area contributed by atoms with E-state index in [1.165, 1.54) is 29.1 Å². The highest BCUT2D eigenvalue weighted by molar-refractivity contribution is 7.22. The van der Waals surface area contributed by atoms with Crippen molar-refractivity contribution in [1.29, 1.82) is 0 Å². The zero-order valence-electron chi connectivity index (χ0n) is 19.4. The Balaban J connectivity index is 1.75. The summed E-state index contributed by atoms with van der Waals surface area (Å²) in [6.45, 7) is 4.82. The number of esters is 1. The summed E-state index contributed by atoms with van der Waals surface area (Å²) in [5.74, 6) is -1.12. The van der Waals surface area contributed by atoms with Gasteiger partial charge in [0.2, 0.25) is 5.91 Å². The third-order valence-corrected chi connectivity index (χ3v) is 6.85. The number of nitrogens with zero attached hydrogens (tertiary/aromatic N) is 4. The fourth-order valence-electron chi connectivity index (χ4n) is 4.07. The monoisotopic (exact) mass is 485 g/mol. The summed E-state index contributed by atoms with van der Waals surface area (Å²) in [4.78, 5) is 58.1. The molecule has 180 valence electrons. The van der Waals surface area contributed by atoms with Crippen LogP contribution in [0.4, 0.5) is 10.8 Å². The van der Waals surface area contributed by atoms with Crippen LogP contribution < -0.4 is 21.5 Å². The Bertz CT molecular complexity index is 1350. The van der Waals surface area contributed by atoms with E-state index in [2.05, 4.69) is 15.2 Å². The highest BCUT2D eigenvalue weighted by Gasteiger charge is 2.24. The summed E-state index contributed by atoms with van der Waals surface area (Å²) in [7, 11) is 1.26. The van der Waals surface area contributed by atoms with Gasteiger partial charge in [-0.15, -0.1) is 0 Å². The number of hydrogen-bond acceptors (Lipinski definition) is 8. The van der Waals surface area contributed by atoms with E-state index < -0.39 is 23.1 Å². The van der Waals surface area contributed by atoms with E-state index >= 15 is 0 Å². The van der Waals surface area contributed by atoms with Crippen molar-refractivity contribution in [3.8, 4) is 0 Å². The molecule has 1 fully saturated rings. The van der Waals surface area contributed by atoms with Gasteiger partial charge in [0.15, 0.2) is 10.8 Å². The van der Waals surface area contributed by atoms with Crippen LogP contribution in [0.25, 0.3) is 10.3 Å². The molecule has 1 N–H and O–H groups in total. The topological polar surface area (TPSA) is 116 Å². The van der Waals surface area contributed by atoms with Crippen molar-refractivity contribution >= 4 is 44.4 Å². The van der Waals surface area contributed by atoms with E-state index in [0.29, 0.717) is 9.83 Å². The fraction of sp³-hybridized carbons (Fsp3) is 0.435. The zero-order chi connectivity index (χ0) is 24.4. The lowest BCUT2D eigenvalue weighted by atomic mass is 10.1. The molecule has 0 radical (unpaired) electrons. The molecule has 0 aliphatic carbocycles. The van der Waals surface area contributed by atoms with Gasteiger partial charge in [0, 0.05) is 19.1 Å². The smallest absolute Gasteiger partial charge is 0.339 e. The van der Waals surface area contributed by atoms with Crippen LogP contribution >= 0.6 is 11.3 Å². The van der Waals surface area contributed by atoms with Crippen LogP contribution in [-0.2, 0) is 16.1 Å². The van der Waals surface area contributed by atoms with Crippen molar-refractivity contribution in [2.24, 2.45) is 0 Å². The van der Waals surface area contributed by atoms with E-state index in [1.807, 2.05) is 0 Å². The van der Waals surface area contributed by atoms with Crippen molar-refractivity contribution in [2.75, 3.05) is 30.4 Å². The highest BCUT2D eigenvalue weighted by atomic mass is 32.1. The van der Waals surface area contributed by atoms with Gasteiger partial charge in [-0.2, -0.15) is 0 Å². The Labute approximate surface area is 199 Å². The average Bonchev–Trinajstić information content (AvgIpc) is 3.28. The maximum atomic E-state index is 13.3. The van der Waals surface area contributed by atoms with Gasteiger partial charge < -0.3 is 15.0 Å². The van der Waals surface area contributed by atoms with Crippen LogP contribution in [0.2, 0.25) is 0 Å². The number of aromatic nitrogens is 3. The number of amides is 1. The van der Waals surface area contributed by atoms with Crippen molar-refractivity contribution in [3.05, 3.63) is 50.7 Å². The van der Waals surface area contributed by atoms with Gasteiger partial charge in [0.1, 0.15) is 11.2 Å². The lowest BCUT2D eigenvalue weighted by Crippen LogP contribution is -2.42. The summed E-state index contributed by atoms with van der Waals surface area (Å²) in [5.41, 5.74) is -0.325. The SMILES string of the molecule is COC(=O)c1ccccc1NC(=O)Cn1c(=O)n(C(C)C)c(=O)c2sc(N3CCCCC3)nc21. The Morgan fingerprint density at radius 1 is 1.15 bits per heavy atom. The molecule has 3 aromatic rings. The van der Waals surface area contributed by atoms with Gasteiger partial charge in [-0.3, -0.25) is 18.7 Å². The summed E-state index contributed by atoms with van der Waals surface area (Å²) in [6, 6.07) is 6.06. The molecule has 1 aliphatic rings. The zero-order valence-corrected chi connectivity index (χ0v) is 20.2. The molecule has 2 aromatic heterocycles. The highest BCUT2D eigenvalue weighted by Crippen LogP contribution is 2.28. The number of ether oxygens (including phenoxy) is 1. The normalized spacial score (nSPS) is 13.9. The number of anilines is 2. The van der Waals surface area contributed by atoms with Gasteiger partial charge in [-0.1, -0.05) is 23.5 Å². The summed E-state index contributed by atoms with van der Waals surface area (Å²) >= 11 is 1.25. The molecule has 11 heteroatoms. The Hall–Kier alpha value is -3.47. The van der Waals surface area contributed by atoms with E-state index in [0.717, 1.165) is 36.9 Å². The van der Waals surface area contributed by atoms with Crippen molar-refractivity contribution in [2.45, 2.75) is 45.7 Å². The van der Waals surface area contributed by atoms with Gasteiger partial charge >= 0.3 is 11.7 Å². The number of carbonyl (C=O) groups excluding carboxylic acids is 2. The Morgan fingerprint density at radius 2 is 1.85 bits per heavy atom. The molecule has 34 heavy (non-hydrogen) atoms. The van der Waals surface area contributed by atoms with Crippen LogP contribution in [0.15, 0.2) is 33.9 Å². The van der Waals surface area contributed by atoms with Gasteiger partial charge in [-0.05, 0) is 45.2 Å². The molecule has 1 aliphatic heterocycles.